The molecule has 3 aromatic rings. The SMILES string of the molecule is O=C(C1CCN(c2ccc(-c3ccc(Br)s3)nn2)CC1)N1CCc2ccccc21. The number of rotatable bonds is 3. The molecule has 5 rings (SSSR count). The van der Waals surface area contributed by atoms with Crippen molar-refractivity contribution < 1.29 is 4.79 Å². The number of benzene rings is 1. The summed E-state index contributed by atoms with van der Waals surface area (Å²) in [6.07, 6.45) is 2.68. The van der Waals surface area contributed by atoms with Gasteiger partial charge in [0.1, 0.15) is 5.69 Å². The molecule has 1 saturated heterocycles. The summed E-state index contributed by atoms with van der Waals surface area (Å²) >= 11 is 5.14. The van der Waals surface area contributed by atoms with Gasteiger partial charge in [-0.3, -0.25) is 4.79 Å². The van der Waals surface area contributed by atoms with Gasteiger partial charge in [0, 0.05) is 31.2 Å². The number of amides is 1. The van der Waals surface area contributed by atoms with Crippen molar-refractivity contribution in [1.82, 2.24) is 10.2 Å². The number of carbonyl (C=O) groups is 1. The van der Waals surface area contributed by atoms with E-state index in [1.807, 2.05) is 35.2 Å². The molecule has 7 heteroatoms. The number of halogens is 1. The summed E-state index contributed by atoms with van der Waals surface area (Å²) in [6, 6.07) is 16.4. The monoisotopic (exact) mass is 468 g/mol. The van der Waals surface area contributed by atoms with Crippen molar-refractivity contribution in [2.75, 3.05) is 29.4 Å². The average molecular weight is 469 g/mol. The van der Waals surface area contributed by atoms with Gasteiger partial charge in [-0.15, -0.1) is 21.5 Å². The number of carbonyl (C=O) groups excluding carboxylic acids is 1. The van der Waals surface area contributed by atoms with Crippen molar-refractivity contribution in [1.29, 1.82) is 0 Å². The third-order valence-corrected chi connectivity index (χ3v) is 7.44. The summed E-state index contributed by atoms with van der Waals surface area (Å²) in [7, 11) is 0. The van der Waals surface area contributed by atoms with E-state index in [1.165, 1.54) is 5.56 Å². The zero-order chi connectivity index (χ0) is 19.8. The van der Waals surface area contributed by atoms with Gasteiger partial charge in [0.2, 0.25) is 5.91 Å². The van der Waals surface area contributed by atoms with Crippen LogP contribution < -0.4 is 9.80 Å². The lowest BCUT2D eigenvalue weighted by atomic mass is 9.95. The number of para-hydroxylation sites is 1. The molecule has 5 nitrogen and oxygen atoms in total. The Morgan fingerprint density at radius 2 is 1.83 bits per heavy atom. The van der Waals surface area contributed by atoms with Crippen LogP contribution in [0.2, 0.25) is 0 Å². The number of nitrogens with zero attached hydrogens (tertiary/aromatic N) is 4. The molecule has 0 spiro atoms. The summed E-state index contributed by atoms with van der Waals surface area (Å²) < 4.78 is 1.09. The van der Waals surface area contributed by atoms with Crippen molar-refractivity contribution in [2.45, 2.75) is 19.3 Å². The Bertz CT molecular complexity index is 1030. The van der Waals surface area contributed by atoms with E-state index < -0.39 is 0 Å². The van der Waals surface area contributed by atoms with Gasteiger partial charge in [-0.2, -0.15) is 0 Å². The number of hydrogen-bond donors (Lipinski definition) is 0. The predicted octanol–water partition coefficient (Wildman–Crippen LogP) is 4.77. The fraction of sp³-hybridized carbons (Fsp3) is 0.318. The summed E-state index contributed by atoms with van der Waals surface area (Å²) in [5, 5.41) is 8.84. The summed E-state index contributed by atoms with van der Waals surface area (Å²) in [5.41, 5.74) is 3.27. The largest absolute Gasteiger partial charge is 0.355 e. The molecule has 29 heavy (non-hydrogen) atoms. The van der Waals surface area contributed by atoms with Gasteiger partial charge in [-0.05, 0) is 71.1 Å². The second-order valence-electron chi connectivity index (χ2n) is 7.51. The van der Waals surface area contributed by atoms with Crippen LogP contribution in [0.15, 0.2) is 52.3 Å². The van der Waals surface area contributed by atoms with Gasteiger partial charge in [0.05, 0.1) is 8.66 Å². The quantitative estimate of drug-likeness (QED) is 0.555. The molecule has 2 aliphatic rings. The lowest BCUT2D eigenvalue weighted by Gasteiger charge is -2.33. The predicted molar refractivity (Wildman–Crippen MR) is 120 cm³/mol. The Morgan fingerprint density at radius 1 is 1.00 bits per heavy atom. The minimum Gasteiger partial charge on any atom is -0.355 e. The molecule has 2 aliphatic heterocycles. The summed E-state index contributed by atoms with van der Waals surface area (Å²) in [5.74, 6) is 1.26. The van der Waals surface area contributed by atoms with Gasteiger partial charge < -0.3 is 9.80 Å². The van der Waals surface area contributed by atoms with Crippen LogP contribution in [0.5, 0.6) is 0 Å². The van der Waals surface area contributed by atoms with Crippen molar-refractivity contribution in [2.24, 2.45) is 5.92 Å². The first-order valence-corrected chi connectivity index (χ1v) is 11.5. The molecule has 0 atom stereocenters. The fourth-order valence-electron chi connectivity index (χ4n) is 4.22. The topological polar surface area (TPSA) is 49.3 Å². The number of piperidine rings is 1. The molecule has 1 aromatic carbocycles. The van der Waals surface area contributed by atoms with E-state index in [-0.39, 0.29) is 11.8 Å². The minimum absolute atomic E-state index is 0.0908. The van der Waals surface area contributed by atoms with Crippen molar-refractivity contribution in [3.63, 3.8) is 0 Å². The maximum Gasteiger partial charge on any atom is 0.230 e. The number of thiophene rings is 1. The highest BCUT2D eigenvalue weighted by molar-refractivity contribution is 9.11. The van der Waals surface area contributed by atoms with Crippen LogP contribution in [0.25, 0.3) is 10.6 Å². The first-order chi connectivity index (χ1) is 14.2. The molecule has 0 N–H and O–H groups in total. The maximum absolute atomic E-state index is 13.1. The van der Waals surface area contributed by atoms with E-state index in [0.717, 1.165) is 64.8 Å². The third kappa shape index (κ3) is 3.69. The van der Waals surface area contributed by atoms with Crippen LogP contribution in [0.4, 0.5) is 11.5 Å². The maximum atomic E-state index is 13.1. The molecule has 0 saturated carbocycles. The Morgan fingerprint density at radius 3 is 2.55 bits per heavy atom. The molecular weight excluding hydrogens is 448 g/mol. The smallest absolute Gasteiger partial charge is 0.230 e. The lowest BCUT2D eigenvalue weighted by Crippen LogP contribution is -2.42. The molecule has 148 valence electrons. The average Bonchev–Trinajstić information content (AvgIpc) is 3.40. The number of aromatic nitrogens is 2. The normalized spacial score (nSPS) is 16.9. The van der Waals surface area contributed by atoms with E-state index in [1.54, 1.807) is 11.3 Å². The molecule has 0 aliphatic carbocycles. The van der Waals surface area contributed by atoms with Gasteiger partial charge >= 0.3 is 0 Å². The second-order valence-corrected chi connectivity index (χ2v) is 9.97. The molecule has 0 bridgehead atoms. The van der Waals surface area contributed by atoms with Gasteiger partial charge in [-0.25, -0.2) is 0 Å². The highest BCUT2D eigenvalue weighted by Gasteiger charge is 2.32. The van der Waals surface area contributed by atoms with Crippen molar-refractivity contribution in [3.05, 3.63) is 57.9 Å². The van der Waals surface area contributed by atoms with Crippen molar-refractivity contribution >= 4 is 44.7 Å². The Kier molecular flexibility index (Phi) is 5.09. The van der Waals surface area contributed by atoms with Crippen LogP contribution in [0.1, 0.15) is 18.4 Å². The van der Waals surface area contributed by atoms with Crippen LogP contribution in [0, 0.1) is 5.92 Å². The second kappa shape index (κ2) is 7.88. The number of fused-ring (bicyclic) bond motifs is 1. The third-order valence-electron chi connectivity index (χ3n) is 5.80. The number of hydrogen-bond acceptors (Lipinski definition) is 5. The lowest BCUT2D eigenvalue weighted by molar-refractivity contribution is -0.122. The van der Waals surface area contributed by atoms with Crippen LogP contribution in [-0.4, -0.2) is 35.7 Å². The highest BCUT2D eigenvalue weighted by atomic mass is 79.9. The zero-order valence-electron chi connectivity index (χ0n) is 15.9. The minimum atomic E-state index is 0.0908. The molecule has 0 radical (unpaired) electrons. The van der Waals surface area contributed by atoms with Crippen LogP contribution in [0.3, 0.4) is 0 Å². The first kappa shape index (κ1) is 18.8. The highest BCUT2D eigenvalue weighted by Crippen LogP contribution is 2.33. The Hall–Kier alpha value is -2.25. The summed E-state index contributed by atoms with van der Waals surface area (Å²) in [6.45, 7) is 2.49. The molecule has 2 aromatic heterocycles. The van der Waals surface area contributed by atoms with Gasteiger partial charge in [0.15, 0.2) is 5.82 Å². The molecule has 1 fully saturated rings. The Balaban J connectivity index is 1.22. The fourth-order valence-corrected chi connectivity index (χ4v) is 5.57. The molecular formula is C22H21BrN4OS. The molecule has 0 unspecified atom stereocenters. The van der Waals surface area contributed by atoms with E-state index in [9.17, 15) is 4.79 Å². The van der Waals surface area contributed by atoms with E-state index in [0.29, 0.717) is 0 Å². The van der Waals surface area contributed by atoms with E-state index in [4.69, 9.17) is 0 Å². The molecule has 4 heterocycles. The van der Waals surface area contributed by atoms with Crippen LogP contribution >= 0.6 is 27.3 Å². The summed E-state index contributed by atoms with van der Waals surface area (Å²) in [4.78, 5) is 18.4. The van der Waals surface area contributed by atoms with E-state index in [2.05, 4.69) is 49.2 Å². The Labute approximate surface area is 182 Å². The van der Waals surface area contributed by atoms with Crippen LogP contribution in [-0.2, 0) is 11.2 Å². The first-order valence-electron chi connectivity index (χ1n) is 9.93. The zero-order valence-corrected chi connectivity index (χ0v) is 18.3. The van der Waals surface area contributed by atoms with Gasteiger partial charge in [0.25, 0.3) is 0 Å². The molecule has 1 amide bonds. The standard InChI is InChI=1S/C22H21BrN4OS/c23-20-7-6-19(29-20)17-5-8-21(25-24-17)26-12-9-16(10-13-26)22(28)27-14-11-15-3-1-2-4-18(15)27/h1-8,16H,9-14H2. The number of anilines is 2. The van der Waals surface area contributed by atoms with E-state index >= 15 is 0 Å². The van der Waals surface area contributed by atoms with Gasteiger partial charge in [-0.1, -0.05) is 18.2 Å². The van der Waals surface area contributed by atoms with Crippen molar-refractivity contribution in [3.8, 4) is 10.6 Å².